The van der Waals surface area contributed by atoms with Gasteiger partial charge in [-0.2, -0.15) is 0 Å². The number of carbonyl (C=O) groups is 2. The fourth-order valence-electron chi connectivity index (χ4n) is 2.38. The zero-order chi connectivity index (χ0) is 10.3. The first kappa shape index (κ1) is 9.65. The first-order valence-electron chi connectivity index (χ1n) is 5.18. The number of hydrogen-bond donors (Lipinski definition) is 1. The second-order valence-corrected chi connectivity index (χ2v) is 4.24. The fraction of sp³-hybridized carbons (Fsp3) is 0.800. The third kappa shape index (κ3) is 1.17. The summed E-state index contributed by atoms with van der Waals surface area (Å²) in [4.78, 5) is 25.0. The minimum atomic E-state index is -0.00870. The molecule has 3 atom stereocenters. The van der Waals surface area contributed by atoms with Crippen molar-refractivity contribution in [3.05, 3.63) is 0 Å². The van der Waals surface area contributed by atoms with Crippen LogP contribution in [0.5, 0.6) is 0 Å². The summed E-state index contributed by atoms with van der Waals surface area (Å²) in [7, 11) is 1.83. The highest BCUT2D eigenvalue weighted by molar-refractivity contribution is 6.06. The van der Waals surface area contributed by atoms with Gasteiger partial charge in [-0.15, -0.1) is 0 Å². The van der Waals surface area contributed by atoms with E-state index in [1.165, 1.54) is 4.90 Å². The van der Waals surface area contributed by atoms with Crippen molar-refractivity contribution in [2.24, 2.45) is 11.8 Å². The Morgan fingerprint density at radius 1 is 1.36 bits per heavy atom. The average Bonchev–Trinajstić information content (AvgIpc) is 2.16. The lowest BCUT2D eigenvalue weighted by Crippen LogP contribution is -2.43. The number of amides is 2. The third-order valence-electron chi connectivity index (χ3n) is 3.32. The molecule has 4 nitrogen and oxygen atoms in total. The minimum absolute atomic E-state index is 0.00870. The minimum Gasteiger partial charge on any atom is -0.318 e. The highest BCUT2D eigenvalue weighted by Gasteiger charge is 2.53. The number of rotatable bonds is 3. The molecule has 1 N–H and O–H groups in total. The molecule has 2 amide bonds. The number of nitrogens with zero attached hydrogens (tertiary/aromatic N) is 1. The molecule has 1 saturated heterocycles. The maximum Gasteiger partial charge on any atom is 0.233 e. The van der Waals surface area contributed by atoms with E-state index in [4.69, 9.17) is 0 Å². The first-order chi connectivity index (χ1) is 6.66. The average molecular weight is 196 g/mol. The lowest BCUT2D eigenvalue weighted by atomic mass is 9.76. The predicted octanol–water partition coefficient (Wildman–Crippen LogP) is -0.0107. The lowest BCUT2D eigenvalue weighted by molar-refractivity contribution is -0.141. The largest absolute Gasteiger partial charge is 0.318 e. The van der Waals surface area contributed by atoms with E-state index in [9.17, 15) is 9.59 Å². The summed E-state index contributed by atoms with van der Waals surface area (Å²) in [5.74, 6) is 0.131. The normalized spacial score (nSPS) is 32.9. The van der Waals surface area contributed by atoms with Crippen LogP contribution in [-0.2, 0) is 9.59 Å². The summed E-state index contributed by atoms with van der Waals surface area (Å²) < 4.78 is 0. The molecule has 2 aliphatic rings. The molecule has 0 aromatic carbocycles. The molecule has 0 bridgehead atoms. The molecule has 2 rings (SSSR count). The Balaban J connectivity index is 2.11. The van der Waals surface area contributed by atoms with Crippen molar-refractivity contribution in [2.75, 3.05) is 13.6 Å². The molecule has 78 valence electrons. The molecule has 4 heteroatoms. The lowest BCUT2D eigenvalue weighted by Gasteiger charge is -2.24. The molecule has 1 aliphatic heterocycles. The molecule has 1 aliphatic carbocycles. The number of imide groups is 1. The van der Waals surface area contributed by atoms with E-state index in [1.54, 1.807) is 0 Å². The van der Waals surface area contributed by atoms with Gasteiger partial charge in [-0.05, 0) is 26.8 Å². The van der Waals surface area contributed by atoms with E-state index < -0.39 is 0 Å². The van der Waals surface area contributed by atoms with Gasteiger partial charge < -0.3 is 5.32 Å². The molecule has 0 spiro atoms. The Kier molecular flexibility index (Phi) is 2.31. The summed E-state index contributed by atoms with van der Waals surface area (Å²) in [5.41, 5.74) is 0. The monoisotopic (exact) mass is 196 g/mol. The van der Waals surface area contributed by atoms with Crippen LogP contribution in [0.2, 0.25) is 0 Å². The molecule has 1 saturated carbocycles. The number of hydrogen-bond acceptors (Lipinski definition) is 3. The van der Waals surface area contributed by atoms with Crippen LogP contribution in [0.3, 0.4) is 0 Å². The smallest absolute Gasteiger partial charge is 0.233 e. The quantitative estimate of drug-likeness (QED) is 0.646. The van der Waals surface area contributed by atoms with Gasteiger partial charge in [0.05, 0.1) is 11.8 Å². The van der Waals surface area contributed by atoms with Crippen LogP contribution in [0, 0.1) is 11.8 Å². The van der Waals surface area contributed by atoms with Gasteiger partial charge in [-0.25, -0.2) is 0 Å². The number of fused-ring (bicyclic) bond motifs is 1. The molecule has 1 heterocycles. The second-order valence-electron chi connectivity index (χ2n) is 4.24. The summed E-state index contributed by atoms with van der Waals surface area (Å²) in [6.07, 6.45) is 1.80. The van der Waals surface area contributed by atoms with Crippen molar-refractivity contribution in [2.45, 2.75) is 25.8 Å². The number of nitrogens with one attached hydrogen (secondary N) is 1. The number of likely N-dealkylation sites (N-methyl/N-ethyl adjacent to an activating group) is 1. The molecule has 14 heavy (non-hydrogen) atoms. The summed E-state index contributed by atoms with van der Waals surface area (Å²) in [6, 6.07) is -0.00870. The van der Waals surface area contributed by atoms with E-state index in [0.29, 0.717) is 6.54 Å². The van der Waals surface area contributed by atoms with Gasteiger partial charge in [0.2, 0.25) is 11.8 Å². The van der Waals surface area contributed by atoms with E-state index in [0.717, 1.165) is 12.8 Å². The maximum absolute atomic E-state index is 11.8. The van der Waals surface area contributed by atoms with Crippen LogP contribution < -0.4 is 5.32 Å². The van der Waals surface area contributed by atoms with Crippen molar-refractivity contribution in [1.29, 1.82) is 0 Å². The molecular formula is C10H16N2O2. The maximum atomic E-state index is 11.8. The van der Waals surface area contributed by atoms with Gasteiger partial charge in [-0.3, -0.25) is 14.5 Å². The van der Waals surface area contributed by atoms with E-state index in [-0.39, 0.29) is 29.7 Å². The van der Waals surface area contributed by atoms with Gasteiger partial charge in [0.25, 0.3) is 0 Å². The molecule has 2 fully saturated rings. The Morgan fingerprint density at radius 2 is 1.86 bits per heavy atom. The van der Waals surface area contributed by atoms with Gasteiger partial charge in [0.15, 0.2) is 0 Å². The number of likely N-dealkylation sites (tertiary alicyclic amines) is 1. The van der Waals surface area contributed by atoms with Crippen LogP contribution >= 0.6 is 0 Å². The zero-order valence-corrected chi connectivity index (χ0v) is 8.62. The third-order valence-corrected chi connectivity index (χ3v) is 3.32. The Bertz CT molecular complexity index is 255. The van der Waals surface area contributed by atoms with Crippen LogP contribution in [0.4, 0.5) is 0 Å². The SMILES string of the molecule is CNCC(C)N1C(=O)C2CCC2C1=O. The highest BCUT2D eigenvalue weighted by atomic mass is 16.2. The van der Waals surface area contributed by atoms with Crippen molar-refractivity contribution in [1.82, 2.24) is 10.2 Å². The van der Waals surface area contributed by atoms with Crippen LogP contribution in [0.25, 0.3) is 0 Å². The molecular weight excluding hydrogens is 180 g/mol. The fourth-order valence-corrected chi connectivity index (χ4v) is 2.38. The first-order valence-corrected chi connectivity index (χ1v) is 5.18. The van der Waals surface area contributed by atoms with Crippen molar-refractivity contribution in [3.63, 3.8) is 0 Å². The Morgan fingerprint density at radius 3 is 2.21 bits per heavy atom. The molecule has 3 unspecified atom stereocenters. The molecule has 0 aromatic heterocycles. The Hall–Kier alpha value is -0.900. The van der Waals surface area contributed by atoms with Crippen molar-refractivity contribution >= 4 is 11.8 Å². The van der Waals surface area contributed by atoms with Crippen molar-refractivity contribution in [3.8, 4) is 0 Å². The van der Waals surface area contributed by atoms with Crippen LogP contribution in [0.1, 0.15) is 19.8 Å². The van der Waals surface area contributed by atoms with E-state index in [1.807, 2.05) is 14.0 Å². The molecule has 0 aromatic rings. The topological polar surface area (TPSA) is 49.4 Å². The second kappa shape index (κ2) is 3.35. The van der Waals surface area contributed by atoms with Crippen LogP contribution in [0.15, 0.2) is 0 Å². The van der Waals surface area contributed by atoms with Gasteiger partial charge in [0, 0.05) is 12.6 Å². The summed E-state index contributed by atoms with van der Waals surface area (Å²) >= 11 is 0. The Labute approximate surface area is 83.6 Å². The standard InChI is InChI=1S/C10H16N2O2/c1-6(5-11-2)12-9(13)7-3-4-8(7)10(12)14/h6-8,11H,3-5H2,1-2H3. The van der Waals surface area contributed by atoms with Gasteiger partial charge in [0.1, 0.15) is 0 Å². The summed E-state index contributed by atoms with van der Waals surface area (Å²) in [6.45, 7) is 2.59. The van der Waals surface area contributed by atoms with Gasteiger partial charge in [-0.1, -0.05) is 0 Å². The van der Waals surface area contributed by atoms with E-state index in [2.05, 4.69) is 5.32 Å². The van der Waals surface area contributed by atoms with Gasteiger partial charge >= 0.3 is 0 Å². The van der Waals surface area contributed by atoms with Crippen LogP contribution in [-0.4, -0.2) is 36.3 Å². The van der Waals surface area contributed by atoms with E-state index >= 15 is 0 Å². The highest BCUT2D eigenvalue weighted by Crippen LogP contribution is 2.42. The summed E-state index contributed by atoms with van der Waals surface area (Å²) in [5, 5.41) is 2.99. The molecule has 0 radical (unpaired) electrons. The zero-order valence-electron chi connectivity index (χ0n) is 8.62. The predicted molar refractivity (Wildman–Crippen MR) is 51.5 cm³/mol. The number of carbonyl (C=O) groups excluding carboxylic acids is 2. The van der Waals surface area contributed by atoms with Crippen molar-refractivity contribution < 1.29 is 9.59 Å².